The first-order valence-corrected chi connectivity index (χ1v) is 8.28. The van der Waals surface area contributed by atoms with Gasteiger partial charge in [0.1, 0.15) is 17.6 Å². The van der Waals surface area contributed by atoms with E-state index in [2.05, 4.69) is 12.2 Å². The Morgan fingerprint density at radius 1 is 1.25 bits per heavy atom. The van der Waals surface area contributed by atoms with Crippen LogP contribution in [0.4, 0.5) is 0 Å². The van der Waals surface area contributed by atoms with E-state index in [1.165, 1.54) is 6.26 Å². The Morgan fingerprint density at radius 3 is 2.54 bits per heavy atom. The Kier molecular flexibility index (Phi) is 6.44. The Morgan fingerprint density at radius 2 is 1.96 bits per heavy atom. The van der Waals surface area contributed by atoms with Gasteiger partial charge in [0.15, 0.2) is 0 Å². The summed E-state index contributed by atoms with van der Waals surface area (Å²) in [4.78, 5) is 12.3. The lowest BCUT2D eigenvalue weighted by atomic mass is 10.1. The summed E-state index contributed by atoms with van der Waals surface area (Å²) in [6, 6.07) is 10.3. The monoisotopic (exact) mass is 331 g/mol. The maximum atomic E-state index is 12.3. The molecule has 0 radical (unpaired) electrons. The van der Waals surface area contributed by atoms with Gasteiger partial charge in [0, 0.05) is 18.0 Å². The fourth-order valence-corrected chi connectivity index (χ4v) is 2.30. The van der Waals surface area contributed by atoms with E-state index in [-0.39, 0.29) is 18.1 Å². The highest BCUT2D eigenvalue weighted by molar-refractivity contribution is 5.94. The first kappa shape index (κ1) is 18.1. The molecule has 5 nitrogen and oxygen atoms in total. The molecule has 24 heavy (non-hydrogen) atoms. The van der Waals surface area contributed by atoms with Crippen molar-refractivity contribution in [3.8, 4) is 5.75 Å². The molecule has 0 aliphatic carbocycles. The van der Waals surface area contributed by atoms with E-state index in [1.807, 2.05) is 13.8 Å². The van der Waals surface area contributed by atoms with Crippen LogP contribution in [0.2, 0.25) is 0 Å². The maximum Gasteiger partial charge on any atom is 0.251 e. The first-order valence-electron chi connectivity index (χ1n) is 8.28. The van der Waals surface area contributed by atoms with Crippen LogP contribution >= 0.6 is 0 Å². The smallest absolute Gasteiger partial charge is 0.251 e. The molecule has 0 spiro atoms. The van der Waals surface area contributed by atoms with E-state index in [0.29, 0.717) is 17.7 Å². The second-order valence-electron chi connectivity index (χ2n) is 6.00. The molecule has 0 saturated heterocycles. The zero-order valence-electron chi connectivity index (χ0n) is 14.4. The molecule has 2 N–H and O–H groups in total. The summed E-state index contributed by atoms with van der Waals surface area (Å²) in [5.41, 5.74) is 0.561. The molecular weight excluding hydrogens is 306 g/mol. The molecule has 130 valence electrons. The predicted molar refractivity (Wildman–Crippen MR) is 92.0 cm³/mol. The molecule has 2 aromatic rings. The third kappa shape index (κ3) is 5.13. The molecule has 3 unspecified atom stereocenters. The van der Waals surface area contributed by atoms with Crippen LogP contribution in [0.15, 0.2) is 47.1 Å². The minimum atomic E-state index is -0.735. The molecule has 1 aromatic carbocycles. The van der Waals surface area contributed by atoms with Crippen molar-refractivity contribution in [3.63, 3.8) is 0 Å². The predicted octanol–water partition coefficient (Wildman–Crippen LogP) is 3.70. The summed E-state index contributed by atoms with van der Waals surface area (Å²) < 4.78 is 10.9. The van der Waals surface area contributed by atoms with Gasteiger partial charge in [0.25, 0.3) is 5.91 Å². The number of furan rings is 1. The van der Waals surface area contributed by atoms with Crippen molar-refractivity contribution < 1.29 is 19.1 Å². The fourth-order valence-electron chi connectivity index (χ4n) is 2.30. The quantitative estimate of drug-likeness (QED) is 0.774. The average molecular weight is 331 g/mol. The number of amides is 1. The van der Waals surface area contributed by atoms with E-state index >= 15 is 0 Å². The Labute approximate surface area is 142 Å². The highest BCUT2D eigenvalue weighted by atomic mass is 16.5. The van der Waals surface area contributed by atoms with Crippen molar-refractivity contribution in [2.24, 2.45) is 0 Å². The van der Waals surface area contributed by atoms with Crippen LogP contribution in [0.25, 0.3) is 0 Å². The molecule has 1 aromatic heterocycles. The molecule has 1 heterocycles. The minimum absolute atomic E-state index is 0.146. The summed E-state index contributed by atoms with van der Waals surface area (Å²) in [5.74, 6) is 1.08. The average Bonchev–Trinajstić information content (AvgIpc) is 3.09. The lowest BCUT2D eigenvalue weighted by Crippen LogP contribution is -2.33. The maximum absolute atomic E-state index is 12.3. The van der Waals surface area contributed by atoms with Crippen LogP contribution in [-0.4, -0.2) is 23.2 Å². The number of hydrogen-bond donors (Lipinski definition) is 2. The SMILES string of the molecule is CCC(C)Oc1ccc(C(=O)NC(C)CC(O)c2ccco2)cc1. The van der Waals surface area contributed by atoms with Crippen LogP contribution in [-0.2, 0) is 0 Å². The number of hydrogen-bond acceptors (Lipinski definition) is 4. The van der Waals surface area contributed by atoms with Crippen LogP contribution in [0.3, 0.4) is 0 Å². The highest BCUT2D eigenvalue weighted by Crippen LogP contribution is 2.19. The highest BCUT2D eigenvalue weighted by Gasteiger charge is 2.17. The second-order valence-corrected chi connectivity index (χ2v) is 6.00. The molecular formula is C19H25NO4. The normalized spacial score (nSPS) is 14.7. The van der Waals surface area contributed by atoms with Gasteiger partial charge >= 0.3 is 0 Å². The van der Waals surface area contributed by atoms with Crippen LogP contribution in [0.5, 0.6) is 5.75 Å². The largest absolute Gasteiger partial charge is 0.491 e. The van der Waals surface area contributed by atoms with Crippen molar-refractivity contribution in [2.75, 3.05) is 0 Å². The van der Waals surface area contributed by atoms with Crippen molar-refractivity contribution in [3.05, 3.63) is 54.0 Å². The molecule has 0 aliphatic rings. The Hall–Kier alpha value is -2.27. The lowest BCUT2D eigenvalue weighted by molar-refractivity contribution is 0.0903. The molecule has 5 heteroatoms. The Balaban J connectivity index is 1.87. The summed E-state index contributed by atoms with van der Waals surface area (Å²) >= 11 is 0. The standard InChI is InChI=1S/C19H25NO4/c1-4-14(3)24-16-9-7-15(8-10-16)19(22)20-13(2)12-17(21)18-6-5-11-23-18/h5-11,13-14,17,21H,4,12H2,1-3H3,(H,20,22). The minimum Gasteiger partial charge on any atom is -0.491 e. The first-order chi connectivity index (χ1) is 11.5. The van der Waals surface area contributed by atoms with E-state index < -0.39 is 6.10 Å². The van der Waals surface area contributed by atoms with Gasteiger partial charge < -0.3 is 19.6 Å². The molecule has 2 rings (SSSR count). The van der Waals surface area contributed by atoms with Gasteiger partial charge in [-0.25, -0.2) is 0 Å². The molecule has 0 bridgehead atoms. The van der Waals surface area contributed by atoms with E-state index in [4.69, 9.17) is 9.15 Å². The Bertz CT molecular complexity index is 621. The van der Waals surface area contributed by atoms with Crippen LogP contribution in [0.1, 0.15) is 55.8 Å². The number of carbonyl (C=O) groups excluding carboxylic acids is 1. The topological polar surface area (TPSA) is 71.7 Å². The summed E-state index contributed by atoms with van der Waals surface area (Å²) in [6.45, 7) is 5.92. The summed E-state index contributed by atoms with van der Waals surface area (Å²) in [7, 11) is 0. The number of carbonyl (C=O) groups is 1. The summed E-state index contributed by atoms with van der Waals surface area (Å²) in [6.07, 6.45) is 2.24. The van der Waals surface area contributed by atoms with Gasteiger partial charge in [-0.2, -0.15) is 0 Å². The van der Waals surface area contributed by atoms with Crippen LogP contribution in [0, 0.1) is 0 Å². The van der Waals surface area contributed by atoms with Gasteiger partial charge in [-0.15, -0.1) is 0 Å². The van der Waals surface area contributed by atoms with Gasteiger partial charge in [-0.1, -0.05) is 6.92 Å². The zero-order valence-corrected chi connectivity index (χ0v) is 14.4. The van der Waals surface area contributed by atoms with Gasteiger partial charge in [-0.3, -0.25) is 4.79 Å². The molecule has 1 amide bonds. The van der Waals surface area contributed by atoms with Gasteiger partial charge in [0.2, 0.25) is 0 Å². The van der Waals surface area contributed by atoms with E-state index in [0.717, 1.165) is 12.2 Å². The third-order valence-corrected chi connectivity index (χ3v) is 3.85. The van der Waals surface area contributed by atoms with Crippen molar-refractivity contribution >= 4 is 5.91 Å². The molecule has 0 saturated carbocycles. The number of aliphatic hydroxyl groups excluding tert-OH is 1. The fraction of sp³-hybridized carbons (Fsp3) is 0.421. The number of nitrogens with one attached hydrogen (secondary N) is 1. The number of benzene rings is 1. The molecule has 3 atom stereocenters. The van der Waals surface area contributed by atoms with Gasteiger partial charge in [0.05, 0.1) is 12.4 Å². The van der Waals surface area contributed by atoms with Crippen molar-refractivity contribution in [1.29, 1.82) is 0 Å². The second kappa shape index (κ2) is 8.55. The van der Waals surface area contributed by atoms with Crippen molar-refractivity contribution in [2.45, 2.75) is 51.9 Å². The number of aliphatic hydroxyl groups is 1. The lowest BCUT2D eigenvalue weighted by Gasteiger charge is -2.17. The number of ether oxygens (including phenoxy) is 1. The van der Waals surface area contributed by atoms with Crippen molar-refractivity contribution in [1.82, 2.24) is 5.32 Å². The van der Waals surface area contributed by atoms with Crippen LogP contribution < -0.4 is 10.1 Å². The van der Waals surface area contributed by atoms with E-state index in [9.17, 15) is 9.90 Å². The zero-order chi connectivity index (χ0) is 17.5. The molecule has 0 fully saturated rings. The van der Waals surface area contributed by atoms with E-state index in [1.54, 1.807) is 36.4 Å². The number of rotatable bonds is 8. The summed E-state index contributed by atoms with van der Waals surface area (Å²) in [5, 5.41) is 12.9. The third-order valence-electron chi connectivity index (χ3n) is 3.85. The molecule has 0 aliphatic heterocycles. The van der Waals surface area contributed by atoms with Gasteiger partial charge in [-0.05, 0) is 56.7 Å².